The van der Waals surface area contributed by atoms with E-state index in [1.807, 2.05) is 11.6 Å². The van der Waals surface area contributed by atoms with E-state index in [1.165, 1.54) is 5.69 Å². The molecule has 0 aromatic carbocycles. The molecule has 17 heavy (non-hydrogen) atoms. The van der Waals surface area contributed by atoms with Crippen molar-refractivity contribution in [1.82, 2.24) is 9.78 Å². The van der Waals surface area contributed by atoms with Gasteiger partial charge in [0.1, 0.15) is 0 Å². The van der Waals surface area contributed by atoms with Gasteiger partial charge in [-0.05, 0) is 55.5 Å². The second kappa shape index (κ2) is 7.17. The predicted octanol–water partition coefficient (Wildman–Crippen LogP) is 3.46. The molecule has 1 unspecified atom stereocenters. The fourth-order valence-corrected chi connectivity index (χ4v) is 2.57. The van der Waals surface area contributed by atoms with Crippen LogP contribution in [-0.4, -0.2) is 21.0 Å². The van der Waals surface area contributed by atoms with Crippen LogP contribution in [-0.2, 0) is 13.0 Å². The Morgan fingerprint density at radius 2 is 2.06 bits per heavy atom. The lowest BCUT2D eigenvalue weighted by atomic mass is 10.1. The van der Waals surface area contributed by atoms with Gasteiger partial charge in [0.2, 0.25) is 0 Å². The molecule has 0 aliphatic rings. The van der Waals surface area contributed by atoms with E-state index in [1.54, 1.807) is 0 Å². The zero-order valence-electron chi connectivity index (χ0n) is 11.0. The summed E-state index contributed by atoms with van der Waals surface area (Å²) >= 11 is 3.59. The van der Waals surface area contributed by atoms with Crippen LogP contribution in [0.15, 0.2) is 4.47 Å². The highest BCUT2D eigenvalue weighted by Crippen LogP contribution is 2.23. The van der Waals surface area contributed by atoms with Gasteiger partial charge in [-0.25, -0.2) is 0 Å². The largest absolute Gasteiger partial charge is 0.393 e. The zero-order valence-corrected chi connectivity index (χ0v) is 12.6. The Hall–Kier alpha value is -0.350. The van der Waals surface area contributed by atoms with Crippen molar-refractivity contribution in [2.24, 2.45) is 0 Å². The van der Waals surface area contributed by atoms with Crippen molar-refractivity contribution in [2.75, 3.05) is 0 Å². The minimum absolute atomic E-state index is 0.141. The van der Waals surface area contributed by atoms with Crippen molar-refractivity contribution in [3.8, 4) is 0 Å². The number of nitrogens with zero attached hydrogens (tertiary/aromatic N) is 2. The van der Waals surface area contributed by atoms with Gasteiger partial charge in [-0.3, -0.25) is 4.68 Å². The molecule has 1 aromatic rings. The number of aliphatic hydroxyl groups excluding tert-OH is 1. The molecule has 0 bridgehead atoms. The Labute approximate surface area is 112 Å². The lowest BCUT2D eigenvalue weighted by molar-refractivity contribution is 0.151. The average Bonchev–Trinajstić information content (AvgIpc) is 2.57. The van der Waals surface area contributed by atoms with E-state index in [0.717, 1.165) is 48.8 Å². The molecular weight excluding hydrogens is 280 g/mol. The lowest BCUT2D eigenvalue weighted by Crippen LogP contribution is -2.08. The van der Waals surface area contributed by atoms with Crippen LogP contribution in [0.2, 0.25) is 0 Å². The molecule has 0 saturated heterocycles. The minimum atomic E-state index is -0.141. The number of hydrogen-bond acceptors (Lipinski definition) is 2. The van der Waals surface area contributed by atoms with Crippen molar-refractivity contribution in [1.29, 1.82) is 0 Å². The molecular formula is C13H23BrN2O. The van der Waals surface area contributed by atoms with E-state index in [0.29, 0.717) is 0 Å². The summed E-state index contributed by atoms with van der Waals surface area (Å²) < 4.78 is 3.18. The van der Waals surface area contributed by atoms with Crippen molar-refractivity contribution >= 4 is 15.9 Å². The Bertz CT molecular complexity index is 349. The molecule has 1 atom stereocenters. The molecule has 0 aliphatic carbocycles. The molecule has 1 rings (SSSR count). The number of rotatable bonds is 7. The van der Waals surface area contributed by atoms with Crippen molar-refractivity contribution in [3.63, 3.8) is 0 Å². The highest BCUT2D eigenvalue weighted by Gasteiger charge is 2.12. The average molecular weight is 303 g/mol. The molecule has 0 radical (unpaired) electrons. The molecule has 0 spiro atoms. The highest BCUT2D eigenvalue weighted by atomic mass is 79.9. The molecule has 4 heteroatoms. The maximum atomic E-state index is 9.69. The summed E-state index contributed by atoms with van der Waals surface area (Å²) in [6, 6.07) is 0. The van der Waals surface area contributed by atoms with Crippen LogP contribution in [0.25, 0.3) is 0 Å². The van der Waals surface area contributed by atoms with Crippen molar-refractivity contribution < 1.29 is 5.11 Å². The van der Waals surface area contributed by atoms with Gasteiger partial charge in [-0.1, -0.05) is 13.3 Å². The summed E-state index contributed by atoms with van der Waals surface area (Å²) in [5.41, 5.74) is 2.31. The third kappa shape index (κ3) is 4.11. The Morgan fingerprint density at radius 1 is 1.35 bits per heavy atom. The molecule has 3 nitrogen and oxygen atoms in total. The molecule has 1 aromatic heterocycles. The number of aryl methyl sites for hydroxylation is 2. The van der Waals surface area contributed by atoms with E-state index in [9.17, 15) is 5.11 Å². The number of halogens is 1. The molecule has 98 valence electrons. The third-order valence-corrected chi connectivity index (χ3v) is 4.06. The summed E-state index contributed by atoms with van der Waals surface area (Å²) in [5.74, 6) is 0. The zero-order chi connectivity index (χ0) is 12.8. The van der Waals surface area contributed by atoms with Gasteiger partial charge in [-0.2, -0.15) is 5.10 Å². The Morgan fingerprint density at radius 3 is 2.65 bits per heavy atom. The Balaban J connectivity index is 2.51. The van der Waals surface area contributed by atoms with Crippen LogP contribution in [0.5, 0.6) is 0 Å². The molecule has 0 amide bonds. The quantitative estimate of drug-likeness (QED) is 0.837. The predicted molar refractivity (Wildman–Crippen MR) is 74.2 cm³/mol. The summed E-state index contributed by atoms with van der Waals surface area (Å²) in [5, 5.41) is 14.2. The van der Waals surface area contributed by atoms with Gasteiger partial charge in [-0.15, -0.1) is 0 Å². The summed E-state index contributed by atoms with van der Waals surface area (Å²) in [4.78, 5) is 0. The molecule has 0 aliphatic heterocycles. The molecule has 1 N–H and O–H groups in total. The summed E-state index contributed by atoms with van der Waals surface area (Å²) in [6.07, 6.45) is 4.71. The normalized spacial score (nSPS) is 13.0. The molecule has 0 saturated carbocycles. The molecule has 1 heterocycles. The number of aromatic nitrogens is 2. The maximum absolute atomic E-state index is 9.69. The number of hydrogen-bond donors (Lipinski definition) is 1. The van der Waals surface area contributed by atoms with Crippen LogP contribution in [0.3, 0.4) is 0 Å². The topological polar surface area (TPSA) is 38.1 Å². The summed E-state index contributed by atoms with van der Waals surface area (Å²) in [6.45, 7) is 7.13. The van der Waals surface area contributed by atoms with E-state index in [2.05, 4.69) is 34.9 Å². The van der Waals surface area contributed by atoms with Gasteiger partial charge in [0.05, 0.1) is 22.0 Å². The SMILES string of the molecule is CCCC(O)CCCc1c(Br)c(C)nn1CC. The second-order valence-electron chi connectivity index (χ2n) is 4.50. The highest BCUT2D eigenvalue weighted by molar-refractivity contribution is 9.10. The van der Waals surface area contributed by atoms with Gasteiger partial charge < -0.3 is 5.11 Å². The second-order valence-corrected chi connectivity index (χ2v) is 5.29. The van der Waals surface area contributed by atoms with Crippen LogP contribution in [0.1, 0.15) is 50.9 Å². The fourth-order valence-electron chi connectivity index (χ4n) is 2.09. The summed E-state index contributed by atoms with van der Waals surface area (Å²) in [7, 11) is 0. The van der Waals surface area contributed by atoms with E-state index < -0.39 is 0 Å². The van der Waals surface area contributed by atoms with Crippen LogP contribution >= 0.6 is 15.9 Å². The fraction of sp³-hybridized carbons (Fsp3) is 0.769. The monoisotopic (exact) mass is 302 g/mol. The van der Waals surface area contributed by atoms with E-state index in [4.69, 9.17) is 0 Å². The first-order chi connectivity index (χ1) is 8.10. The smallest absolute Gasteiger partial charge is 0.0738 e. The van der Waals surface area contributed by atoms with Crippen LogP contribution in [0, 0.1) is 6.92 Å². The number of aliphatic hydroxyl groups is 1. The first kappa shape index (κ1) is 14.7. The maximum Gasteiger partial charge on any atom is 0.0738 e. The van der Waals surface area contributed by atoms with Crippen molar-refractivity contribution in [2.45, 2.75) is 65.5 Å². The van der Waals surface area contributed by atoms with E-state index in [-0.39, 0.29) is 6.10 Å². The van der Waals surface area contributed by atoms with Crippen LogP contribution < -0.4 is 0 Å². The van der Waals surface area contributed by atoms with Gasteiger partial charge >= 0.3 is 0 Å². The Kier molecular flexibility index (Phi) is 6.20. The van der Waals surface area contributed by atoms with Gasteiger partial charge in [0, 0.05) is 6.54 Å². The minimum Gasteiger partial charge on any atom is -0.393 e. The third-order valence-electron chi connectivity index (χ3n) is 3.03. The van der Waals surface area contributed by atoms with Crippen molar-refractivity contribution in [3.05, 3.63) is 15.9 Å². The van der Waals surface area contributed by atoms with E-state index >= 15 is 0 Å². The first-order valence-electron chi connectivity index (χ1n) is 6.49. The first-order valence-corrected chi connectivity index (χ1v) is 7.29. The van der Waals surface area contributed by atoms with Gasteiger partial charge in [0.15, 0.2) is 0 Å². The van der Waals surface area contributed by atoms with Crippen LogP contribution in [0.4, 0.5) is 0 Å². The molecule has 0 fully saturated rings. The van der Waals surface area contributed by atoms with Gasteiger partial charge in [0.25, 0.3) is 0 Å². The standard InChI is InChI=1S/C13H23BrN2O/c1-4-7-11(17)8-6-9-12-13(14)10(3)15-16(12)5-2/h11,17H,4-9H2,1-3H3. The lowest BCUT2D eigenvalue weighted by Gasteiger charge is -2.09.